The number of aliphatic imine (C=N–C) groups is 1. The van der Waals surface area contributed by atoms with Crippen LogP contribution in [0.4, 0.5) is 5.82 Å². The molecular weight excluding hydrogens is 344 g/mol. The Morgan fingerprint density at radius 1 is 1.31 bits per heavy atom. The van der Waals surface area contributed by atoms with Crippen molar-refractivity contribution in [2.75, 3.05) is 51.4 Å². The molecule has 3 rings (SSSR count). The Bertz CT molecular complexity index is 599. The first-order valence-corrected chi connectivity index (χ1v) is 10.8. The number of anilines is 1. The molecule has 2 N–H and O–H groups in total. The second kappa shape index (κ2) is 9.46. The Labute approximate surface area is 161 Å². The van der Waals surface area contributed by atoms with Crippen LogP contribution in [0.5, 0.6) is 0 Å². The van der Waals surface area contributed by atoms with Crippen molar-refractivity contribution in [2.45, 2.75) is 37.1 Å². The number of piperazine rings is 1. The Balaban J connectivity index is 1.51. The number of nitrogens with one attached hydrogen (secondary N) is 2. The topological polar surface area (TPSA) is 55.8 Å². The predicted molar refractivity (Wildman–Crippen MR) is 112 cm³/mol. The van der Waals surface area contributed by atoms with Gasteiger partial charge in [0.15, 0.2) is 5.96 Å². The molecule has 2 atom stereocenters. The summed E-state index contributed by atoms with van der Waals surface area (Å²) in [5.41, 5.74) is 1.24. The number of pyridine rings is 1. The molecule has 6 nitrogen and oxygen atoms in total. The third-order valence-corrected chi connectivity index (χ3v) is 6.47. The zero-order valence-electron chi connectivity index (χ0n) is 16.2. The summed E-state index contributed by atoms with van der Waals surface area (Å²) in [5, 5.41) is 7.83. The van der Waals surface area contributed by atoms with Gasteiger partial charge in [0.1, 0.15) is 5.82 Å². The number of hydrogen-bond acceptors (Lipinski definition) is 5. The van der Waals surface area contributed by atoms with Gasteiger partial charge in [-0.05, 0) is 50.3 Å². The standard InChI is InChI=1S/C19H32N6S/c1-20-19(23-16-4-5-17(13-16)26-3)22-14-15-6-7-21-18(12-15)25-10-8-24(2)9-11-25/h6-7,12,16-17H,4-5,8-11,13-14H2,1-3H3,(H2,20,22,23). The highest BCUT2D eigenvalue weighted by atomic mass is 32.2. The SMILES string of the molecule is CN=C(NCc1ccnc(N2CCN(C)CC2)c1)NC1CCC(SC)C1. The van der Waals surface area contributed by atoms with Gasteiger partial charge in [-0.2, -0.15) is 11.8 Å². The molecule has 0 amide bonds. The van der Waals surface area contributed by atoms with Crippen LogP contribution in [0.15, 0.2) is 23.3 Å². The largest absolute Gasteiger partial charge is 0.354 e. The average molecular weight is 377 g/mol. The Morgan fingerprint density at radius 3 is 2.81 bits per heavy atom. The quantitative estimate of drug-likeness (QED) is 0.604. The number of rotatable bonds is 5. The monoisotopic (exact) mass is 376 g/mol. The van der Waals surface area contributed by atoms with Crippen LogP contribution in [-0.4, -0.2) is 73.7 Å². The van der Waals surface area contributed by atoms with Crippen LogP contribution in [0.25, 0.3) is 0 Å². The highest BCUT2D eigenvalue weighted by Crippen LogP contribution is 2.28. The minimum atomic E-state index is 0.539. The van der Waals surface area contributed by atoms with E-state index in [0.717, 1.165) is 49.8 Å². The molecule has 144 valence electrons. The van der Waals surface area contributed by atoms with Crippen LogP contribution in [0.1, 0.15) is 24.8 Å². The van der Waals surface area contributed by atoms with E-state index in [9.17, 15) is 0 Å². The maximum atomic E-state index is 4.57. The van der Waals surface area contributed by atoms with E-state index in [1.807, 2.05) is 25.0 Å². The van der Waals surface area contributed by atoms with Gasteiger partial charge in [0.05, 0.1) is 0 Å². The van der Waals surface area contributed by atoms with Gasteiger partial charge in [0.25, 0.3) is 0 Å². The fourth-order valence-electron chi connectivity index (χ4n) is 3.64. The molecule has 1 aromatic rings. The Hall–Kier alpha value is -1.47. The van der Waals surface area contributed by atoms with Crippen molar-refractivity contribution in [1.29, 1.82) is 0 Å². The van der Waals surface area contributed by atoms with Crippen LogP contribution in [0, 0.1) is 0 Å². The summed E-state index contributed by atoms with van der Waals surface area (Å²) in [7, 11) is 4.02. The summed E-state index contributed by atoms with van der Waals surface area (Å²) in [6.45, 7) is 5.05. The van der Waals surface area contributed by atoms with Crippen molar-refractivity contribution in [3.05, 3.63) is 23.9 Å². The number of thioether (sulfide) groups is 1. The fourth-order valence-corrected chi connectivity index (χ4v) is 4.43. The maximum Gasteiger partial charge on any atom is 0.191 e. The lowest BCUT2D eigenvalue weighted by atomic mass is 10.2. The summed E-state index contributed by atoms with van der Waals surface area (Å²) in [5.74, 6) is 1.98. The number of guanidine groups is 1. The number of hydrogen-bond donors (Lipinski definition) is 2. The summed E-state index contributed by atoms with van der Waals surface area (Å²) in [4.78, 5) is 13.7. The summed E-state index contributed by atoms with van der Waals surface area (Å²) in [6.07, 6.45) is 7.89. The van der Waals surface area contributed by atoms with Crippen LogP contribution < -0.4 is 15.5 Å². The van der Waals surface area contributed by atoms with E-state index >= 15 is 0 Å². The van der Waals surface area contributed by atoms with E-state index in [4.69, 9.17) is 0 Å². The summed E-state index contributed by atoms with van der Waals surface area (Å²) < 4.78 is 0. The Morgan fingerprint density at radius 2 is 2.12 bits per heavy atom. The van der Waals surface area contributed by atoms with E-state index in [1.54, 1.807) is 0 Å². The molecule has 0 aromatic carbocycles. The molecule has 7 heteroatoms. The van der Waals surface area contributed by atoms with Crippen molar-refractivity contribution in [3.8, 4) is 0 Å². The minimum Gasteiger partial charge on any atom is -0.354 e. The van der Waals surface area contributed by atoms with Crippen molar-refractivity contribution in [1.82, 2.24) is 20.5 Å². The minimum absolute atomic E-state index is 0.539. The van der Waals surface area contributed by atoms with E-state index in [0.29, 0.717) is 6.04 Å². The molecule has 1 saturated carbocycles. The number of aromatic nitrogens is 1. The smallest absolute Gasteiger partial charge is 0.191 e. The van der Waals surface area contributed by atoms with Crippen LogP contribution >= 0.6 is 11.8 Å². The average Bonchev–Trinajstić information content (AvgIpc) is 3.13. The van der Waals surface area contributed by atoms with Gasteiger partial charge < -0.3 is 20.4 Å². The fraction of sp³-hybridized carbons (Fsp3) is 0.684. The van der Waals surface area contributed by atoms with E-state index in [2.05, 4.69) is 55.8 Å². The molecule has 26 heavy (non-hydrogen) atoms. The first-order valence-electron chi connectivity index (χ1n) is 9.56. The van der Waals surface area contributed by atoms with Crippen molar-refractivity contribution in [3.63, 3.8) is 0 Å². The number of nitrogens with zero attached hydrogens (tertiary/aromatic N) is 4. The van der Waals surface area contributed by atoms with Crippen molar-refractivity contribution >= 4 is 23.5 Å². The molecule has 1 aliphatic heterocycles. The zero-order valence-corrected chi connectivity index (χ0v) is 17.1. The van der Waals surface area contributed by atoms with Crippen molar-refractivity contribution < 1.29 is 0 Å². The molecule has 2 aliphatic rings. The molecule has 1 aliphatic carbocycles. The van der Waals surface area contributed by atoms with Gasteiger partial charge >= 0.3 is 0 Å². The second-order valence-electron chi connectivity index (χ2n) is 7.25. The Kier molecular flexibility index (Phi) is 7.02. The third kappa shape index (κ3) is 5.27. The van der Waals surface area contributed by atoms with Gasteiger partial charge in [0.2, 0.25) is 0 Å². The van der Waals surface area contributed by atoms with E-state index < -0.39 is 0 Å². The van der Waals surface area contributed by atoms with Gasteiger partial charge in [-0.15, -0.1) is 0 Å². The molecular formula is C19H32N6S. The molecule has 2 heterocycles. The lowest BCUT2D eigenvalue weighted by molar-refractivity contribution is 0.312. The maximum absolute atomic E-state index is 4.57. The predicted octanol–water partition coefficient (Wildman–Crippen LogP) is 1.78. The highest BCUT2D eigenvalue weighted by molar-refractivity contribution is 7.99. The molecule has 0 radical (unpaired) electrons. The zero-order chi connectivity index (χ0) is 18.4. The lowest BCUT2D eigenvalue weighted by Gasteiger charge is -2.33. The van der Waals surface area contributed by atoms with Gasteiger partial charge in [-0.3, -0.25) is 4.99 Å². The van der Waals surface area contributed by atoms with Gasteiger partial charge in [-0.1, -0.05) is 0 Å². The van der Waals surface area contributed by atoms with Crippen molar-refractivity contribution in [2.24, 2.45) is 4.99 Å². The van der Waals surface area contributed by atoms with Crippen LogP contribution in [0.2, 0.25) is 0 Å². The molecule has 0 bridgehead atoms. The molecule has 2 unspecified atom stereocenters. The molecule has 1 saturated heterocycles. The highest BCUT2D eigenvalue weighted by Gasteiger charge is 2.24. The summed E-state index contributed by atoms with van der Waals surface area (Å²) in [6, 6.07) is 4.82. The molecule has 0 spiro atoms. The summed E-state index contributed by atoms with van der Waals surface area (Å²) >= 11 is 1.98. The van der Waals surface area contributed by atoms with E-state index in [-0.39, 0.29) is 0 Å². The van der Waals surface area contributed by atoms with Crippen LogP contribution in [-0.2, 0) is 6.54 Å². The first kappa shape index (κ1) is 19.3. The molecule has 2 fully saturated rings. The lowest BCUT2D eigenvalue weighted by Crippen LogP contribution is -2.45. The molecule has 1 aromatic heterocycles. The van der Waals surface area contributed by atoms with Crippen LogP contribution in [0.3, 0.4) is 0 Å². The van der Waals surface area contributed by atoms with Gasteiger partial charge in [-0.25, -0.2) is 4.98 Å². The first-order chi connectivity index (χ1) is 12.7. The van der Waals surface area contributed by atoms with Gasteiger partial charge in [0, 0.05) is 57.3 Å². The number of likely N-dealkylation sites (N-methyl/N-ethyl adjacent to an activating group) is 1. The third-order valence-electron chi connectivity index (χ3n) is 5.38. The second-order valence-corrected chi connectivity index (χ2v) is 8.39. The normalized spacial score (nSPS) is 24.7. The van der Waals surface area contributed by atoms with E-state index in [1.165, 1.54) is 24.8 Å².